The summed E-state index contributed by atoms with van der Waals surface area (Å²) in [5.41, 5.74) is 4.29. The largest absolute Gasteiger partial charge is 0.490 e. The van der Waals surface area contributed by atoms with Gasteiger partial charge in [-0.2, -0.15) is 18.3 Å². The van der Waals surface area contributed by atoms with Gasteiger partial charge in [-0.3, -0.25) is 4.68 Å². The standard InChI is InChI=1S/C17H22ClN3O.C2HF3O2/c1-11-8-13(18)9-15(16-12(2)10-20-21(16)3)17(11)22-14-4-6-19-7-5-14;3-2(4,5)1(6)7/h8-10,14,19H,4-7H2,1-3H3;(H,6,7). The van der Waals surface area contributed by atoms with E-state index in [1.165, 1.54) is 0 Å². The van der Waals surface area contributed by atoms with Gasteiger partial charge in [-0.05, 0) is 63.0 Å². The van der Waals surface area contributed by atoms with Crippen LogP contribution >= 0.6 is 11.6 Å². The molecule has 0 saturated carbocycles. The first-order valence-corrected chi connectivity index (χ1v) is 9.35. The van der Waals surface area contributed by atoms with Gasteiger partial charge in [-0.15, -0.1) is 0 Å². The van der Waals surface area contributed by atoms with Crippen molar-refractivity contribution in [1.82, 2.24) is 15.1 Å². The number of alkyl halides is 3. The molecule has 1 fully saturated rings. The van der Waals surface area contributed by atoms with Crippen LogP contribution in [-0.2, 0) is 11.8 Å². The molecule has 0 bridgehead atoms. The number of nitrogens with zero attached hydrogens (tertiary/aromatic N) is 2. The summed E-state index contributed by atoms with van der Waals surface area (Å²) < 4.78 is 40.0. The van der Waals surface area contributed by atoms with Crippen LogP contribution in [0.1, 0.15) is 24.0 Å². The third-order valence-corrected chi connectivity index (χ3v) is 4.65. The normalized spacial score (nSPS) is 14.9. The van der Waals surface area contributed by atoms with Crippen LogP contribution in [0.5, 0.6) is 5.75 Å². The molecule has 10 heteroatoms. The molecule has 2 aromatic rings. The predicted molar refractivity (Wildman–Crippen MR) is 103 cm³/mol. The number of piperidine rings is 1. The van der Waals surface area contributed by atoms with Gasteiger partial charge in [0, 0.05) is 17.6 Å². The average Bonchev–Trinajstić information content (AvgIpc) is 2.96. The quantitative estimate of drug-likeness (QED) is 0.761. The number of carboxylic acids is 1. The van der Waals surface area contributed by atoms with Gasteiger partial charge < -0.3 is 15.2 Å². The Morgan fingerprint density at radius 2 is 1.86 bits per heavy atom. The Hall–Kier alpha value is -2.26. The Labute approximate surface area is 171 Å². The van der Waals surface area contributed by atoms with Gasteiger partial charge in [-0.25, -0.2) is 4.79 Å². The van der Waals surface area contributed by atoms with Crippen molar-refractivity contribution < 1.29 is 27.8 Å². The van der Waals surface area contributed by atoms with Crippen LogP contribution in [0.25, 0.3) is 11.3 Å². The van der Waals surface area contributed by atoms with E-state index in [4.69, 9.17) is 26.2 Å². The van der Waals surface area contributed by atoms with E-state index in [0.717, 1.165) is 59.1 Å². The van der Waals surface area contributed by atoms with Crippen LogP contribution in [0, 0.1) is 13.8 Å². The number of hydrogen-bond acceptors (Lipinski definition) is 4. The highest BCUT2D eigenvalue weighted by Gasteiger charge is 2.38. The van der Waals surface area contributed by atoms with E-state index in [0.29, 0.717) is 0 Å². The third kappa shape index (κ3) is 6.11. The van der Waals surface area contributed by atoms with E-state index < -0.39 is 12.1 Å². The second-order valence-corrected chi connectivity index (χ2v) is 7.21. The molecule has 1 aliphatic heterocycles. The van der Waals surface area contributed by atoms with Crippen molar-refractivity contribution in [2.24, 2.45) is 7.05 Å². The van der Waals surface area contributed by atoms with Crippen molar-refractivity contribution in [3.8, 4) is 17.0 Å². The molecule has 2 N–H and O–H groups in total. The Bertz CT molecular complexity index is 843. The van der Waals surface area contributed by atoms with Crippen LogP contribution in [-0.4, -0.2) is 46.2 Å². The molecule has 1 aliphatic rings. The molecular weight excluding hydrogens is 411 g/mol. The number of carbonyl (C=O) groups is 1. The Morgan fingerprint density at radius 3 is 2.34 bits per heavy atom. The monoisotopic (exact) mass is 433 g/mol. The lowest BCUT2D eigenvalue weighted by Gasteiger charge is -2.26. The summed E-state index contributed by atoms with van der Waals surface area (Å²) in [5.74, 6) is -1.82. The number of ether oxygens (including phenoxy) is 1. The maximum Gasteiger partial charge on any atom is 0.490 e. The second-order valence-electron chi connectivity index (χ2n) is 6.77. The van der Waals surface area contributed by atoms with Crippen LogP contribution in [0.4, 0.5) is 13.2 Å². The lowest BCUT2D eigenvalue weighted by molar-refractivity contribution is -0.192. The van der Waals surface area contributed by atoms with Gasteiger partial charge in [0.2, 0.25) is 0 Å². The highest BCUT2D eigenvalue weighted by atomic mass is 35.5. The third-order valence-electron chi connectivity index (χ3n) is 4.43. The predicted octanol–water partition coefficient (Wildman–Crippen LogP) is 4.12. The Kier molecular flexibility index (Phi) is 7.54. The van der Waals surface area contributed by atoms with E-state index >= 15 is 0 Å². The number of carboxylic acid groups (broad SMARTS) is 1. The van der Waals surface area contributed by atoms with Crippen molar-refractivity contribution in [3.63, 3.8) is 0 Å². The van der Waals surface area contributed by atoms with E-state index in [-0.39, 0.29) is 6.10 Å². The molecule has 1 aromatic heterocycles. The fourth-order valence-electron chi connectivity index (χ4n) is 3.08. The first kappa shape index (κ1) is 23.0. The number of benzene rings is 1. The van der Waals surface area contributed by atoms with Gasteiger partial charge >= 0.3 is 12.1 Å². The van der Waals surface area contributed by atoms with Gasteiger partial charge in [0.1, 0.15) is 11.9 Å². The molecule has 0 unspecified atom stereocenters. The molecule has 6 nitrogen and oxygen atoms in total. The number of hydrogen-bond donors (Lipinski definition) is 2. The zero-order valence-corrected chi connectivity index (χ0v) is 17.1. The highest BCUT2D eigenvalue weighted by molar-refractivity contribution is 6.31. The Balaban J connectivity index is 0.000000370. The van der Waals surface area contributed by atoms with Gasteiger partial charge in [0.15, 0.2) is 0 Å². The molecule has 29 heavy (non-hydrogen) atoms. The maximum absolute atomic E-state index is 10.6. The van der Waals surface area contributed by atoms with Crippen LogP contribution in [0.3, 0.4) is 0 Å². The van der Waals surface area contributed by atoms with Crippen LogP contribution in [0.15, 0.2) is 18.3 Å². The first-order valence-electron chi connectivity index (χ1n) is 8.97. The van der Waals surface area contributed by atoms with Crippen molar-refractivity contribution in [3.05, 3.63) is 34.5 Å². The Morgan fingerprint density at radius 1 is 1.28 bits per heavy atom. The smallest absolute Gasteiger partial charge is 0.489 e. The van der Waals surface area contributed by atoms with E-state index in [9.17, 15) is 13.2 Å². The minimum absolute atomic E-state index is 0.258. The van der Waals surface area contributed by atoms with Crippen molar-refractivity contribution >= 4 is 17.6 Å². The minimum atomic E-state index is -5.08. The topological polar surface area (TPSA) is 76.4 Å². The van der Waals surface area contributed by atoms with Crippen molar-refractivity contribution in [1.29, 1.82) is 0 Å². The molecule has 0 radical (unpaired) electrons. The fourth-order valence-corrected chi connectivity index (χ4v) is 3.35. The molecule has 0 aliphatic carbocycles. The number of aromatic nitrogens is 2. The molecule has 1 saturated heterocycles. The summed E-state index contributed by atoms with van der Waals surface area (Å²) in [6.07, 6.45) is -0.883. The summed E-state index contributed by atoms with van der Waals surface area (Å²) in [4.78, 5) is 8.90. The summed E-state index contributed by atoms with van der Waals surface area (Å²) in [5, 5.41) is 15.6. The molecule has 0 amide bonds. The zero-order chi connectivity index (χ0) is 21.8. The number of nitrogens with one attached hydrogen (secondary N) is 1. The van der Waals surface area contributed by atoms with Gasteiger partial charge in [-0.1, -0.05) is 11.6 Å². The molecular formula is C19H23ClF3N3O3. The van der Waals surface area contributed by atoms with Crippen LogP contribution < -0.4 is 10.1 Å². The van der Waals surface area contributed by atoms with Crippen molar-refractivity contribution in [2.75, 3.05) is 13.1 Å². The SMILES string of the molecule is Cc1cc(Cl)cc(-c2c(C)cnn2C)c1OC1CCNCC1.O=C(O)C(F)(F)F. The lowest BCUT2D eigenvalue weighted by atomic mass is 10.0. The zero-order valence-electron chi connectivity index (χ0n) is 16.3. The molecule has 1 aromatic carbocycles. The first-order chi connectivity index (χ1) is 13.5. The second kappa shape index (κ2) is 9.49. The summed E-state index contributed by atoms with van der Waals surface area (Å²) >= 11 is 6.29. The number of aliphatic carboxylic acids is 1. The molecule has 3 rings (SSSR count). The number of aryl methyl sites for hydroxylation is 3. The molecule has 0 spiro atoms. The van der Waals surface area contributed by atoms with Gasteiger partial charge in [0.05, 0.1) is 11.9 Å². The number of rotatable bonds is 3. The summed E-state index contributed by atoms with van der Waals surface area (Å²) in [6.45, 7) is 6.14. The van der Waals surface area contributed by atoms with E-state index in [1.54, 1.807) is 0 Å². The van der Waals surface area contributed by atoms with Gasteiger partial charge in [0.25, 0.3) is 0 Å². The molecule has 2 heterocycles. The van der Waals surface area contributed by atoms with Crippen LogP contribution in [0.2, 0.25) is 5.02 Å². The lowest BCUT2D eigenvalue weighted by Crippen LogP contribution is -2.34. The fraction of sp³-hybridized carbons (Fsp3) is 0.474. The summed E-state index contributed by atoms with van der Waals surface area (Å²) in [7, 11) is 1.95. The highest BCUT2D eigenvalue weighted by Crippen LogP contribution is 2.38. The maximum atomic E-state index is 10.6. The van der Waals surface area contributed by atoms with Crippen molar-refractivity contribution in [2.45, 2.75) is 39.0 Å². The van der Waals surface area contributed by atoms with E-state index in [1.807, 2.05) is 30.1 Å². The minimum Gasteiger partial charge on any atom is -0.489 e. The molecule has 0 atom stereocenters. The summed E-state index contributed by atoms with van der Waals surface area (Å²) in [6, 6.07) is 3.95. The molecule has 160 valence electrons. The number of halogens is 4. The average molecular weight is 434 g/mol. The van der Waals surface area contributed by atoms with E-state index in [2.05, 4.69) is 24.3 Å².